The number of hydrogen-bond acceptors (Lipinski definition) is 6. The predicted octanol–water partition coefficient (Wildman–Crippen LogP) is 2.92. The molecule has 2 amide bonds. The average molecular weight is 462 g/mol. The van der Waals surface area contributed by atoms with E-state index in [9.17, 15) is 9.59 Å². The molecule has 5 rings (SSSR count). The van der Waals surface area contributed by atoms with Gasteiger partial charge in [-0.1, -0.05) is 12.1 Å². The van der Waals surface area contributed by atoms with E-state index in [-0.39, 0.29) is 17.9 Å². The van der Waals surface area contributed by atoms with Crippen molar-refractivity contribution >= 4 is 28.7 Å². The van der Waals surface area contributed by atoms with E-state index in [0.29, 0.717) is 38.4 Å². The highest BCUT2D eigenvalue weighted by atomic mass is 16.2. The number of likely N-dealkylation sites (tertiary alicyclic amines) is 1. The zero-order valence-electron chi connectivity index (χ0n) is 19.8. The number of amides is 2. The topological polar surface area (TPSA) is 96.2 Å². The summed E-state index contributed by atoms with van der Waals surface area (Å²) in [5.74, 6) is 1.65. The molecule has 2 aliphatic rings. The Kier molecular flexibility index (Phi) is 6.17. The number of rotatable bonds is 5. The van der Waals surface area contributed by atoms with Crippen LogP contribution in [0.1, 0.15) is 55.7 Å². The lowest BCUT2D eigenvalue weighted by Gasteiger charge is -2.36. The quantitative estimate of drug-likeness (QED) is 0.628. The molecule has 4 heterocycles. The molecule has 0 bridgehead atoms. The van der Waals surface area contributed by atoms with Crippen molar-refractivity contribution in [3.8, 4) is 0 Å². The number of hydrogen-bond donors (Lipinski definition) is 1. The van der Waals surface area contributed by atoms with E-state index >= 15 is 0 Å². The molecule has 0 spiro atoms. The number of aryl methyl sites for hydroxylation is 1. The van der Waals surface area contributed by atoms with Gasteiger partial charge in [-0.3, -0.25) is 9.59 Å². The normalized spacial score (nSPS) is 18.1. The first-order valence-corrected chi connectivity index (χ1v) is 12.1. The fourth-order valence-electron chi connectivity index (χ4n) is 5.12. The van der Waals surface area contributed by atoms with Crippen LogP contribution in [-0.4, -0.2) is 61.3 Å². The van der Waals surface area contributed by atoms with Crippen LogP contribution < -0.4 is 5.32 Å². The van der Waals surface area contributed by atoms with Crippen LogP contribution in [0.25, 0.3) is 11.0 Å². The molecule has 1 saturated heterocycles. The molecule has 0 radical (unpaired) electrons. The Hall–Kier alpha value is -3.49. The van der Waals surface area contributed by atoms with Crippen LogP contribution in [0.3, 0.4) is 0 Å². The number of nitrogens with zero attached hydrogens (tertiary/aromatic N) is 6. The maximum absolute atomic E-state index is 13.4. The van der Waals surface area contributed by atoms with Gasteiger partial charge in [-0.2, -0.15) is 0 Å². The minimum Gasteiger partial charge on any atom is -0.373 e. The number of fused-ring (bicyclic) bond motifs is 2. The first-order valence-electron chi connectivity index (χ1n) is 12.1. The molecular weight excluding hydrogens is 430 g/mol. The second kappa shape index (κ2) is 9.40. The summed E-state index contributed by atoms with van der Waals surface area (Å²) in [5.41, 5.74) is 3.94. The third-order valence-electron chi connectivity index (χ3n) is 6.98. The summed E-state index contributed by atoms with van der Waals surface area (Å²) in [6, 6.07) is 7.82. The molecule has 0 saturated carbocycles. The molecule has 34 heavy (non-hydrogen) atoms. The third-order valence-corrected chi connectivity index (χ3v) is 6.98. The van der Waals surface area contributed by atoms with Crippen LogP contribution >= 0.6 is 0 Å². The van der Waals surface area contributed by atoms with Crippen molar-refractivity contribution in [2.45, 2.75) is 58.2 Å². The maximum atomic E-state index is 13.4. The van der Waals surface area contributed by atoms with Crippen molar-refractivity contribution in [3.63, 3.8) is 0 Å². The fraction of sp³-hybridized carbons (Fsp3) is 0.480. The van der Waals surface area contributed by atoms with Gasteiger partial charge in [-0.05, 0) is 37.8 Å². The molecule has 1 aromatic carbocycles. The summed E-state index contributed by atoms with van der Waals surface area (Å²) in [5, 5.41) is 3.22. The van der Waals surface area contributed by atoms with Crippen LogP contribution in [0.2, 0.25) is 0 Å². The number of nitrogens with one attached hydrogen (secondary N) is 1. The van der Waals surface area contributed by atoms with E-state index in [2.05, 4.69) is 10.3 Å². The van der Waals surface area contributed by atoms with Crippen LogP contribution in [0.4, 0.5) is 5.82 Å². The van der Waals surface area contributed by atoms with Gasteiger partial charge in [0.15, 0.2) is 5.82 Å². The summed E-state index contributed by atoms with van der Waals surface area (Å²) in [6.45, 7) is 4.06. The molecule has 1 N–H and O–H groups in total. The van der Waals surface area contributed by atoms with E-state index < -0.39 is 0 Å². The SMILES string of the molecule is CNc1nc([C@H]2CCCCN2C(=O)CCn2cnc3ccccc32)nc2c1CCN(C(C)=O)C2. The Bertz CT molecular complexity index is 1220. The first-order chi connectivity index (χ1) is 16.5. The van der Waals surface area contributed by atoms with Crippen molar-refractivity contribution in [2.24, 2.45) is 0 Å². The summed E-state index contributed by atoms with van der Waals surface area (Å²) >= 11 is 0. The highest BCUT2D eigenvalue weighted by Crippen LogP contribution is 2.33. The fourth-order valence-corrected chi connectivity index (χ4v) is 5.12. The number of para-hydroxylation sites is 2. The highest BCUT2D eigenvalue weighted by molar-refractivity contribution is 5.78. The van der Waals surface area contributed by atoms with Crippen molar-refractivity contribution in [1.29, 1.82) is 0 Å². The van der Waals surface area contributed by atoms with Gasteiger partial charge in [0.1, 0.15) is 5.82 Å². The molecule has 0 aliphatic carbocycles. The van der Waals surface area contributed by atoms with E-state index in [1.165, 1.54) is 0 Å². The first kappa shape index (κ1) is 22.3. The second-order valence-corrected chi connectivity index (χ2v) is 9.07. The van der Waals surface area contributed by atoms with Gasteiger partial charge in [-0.25, -0.2) is 15.0 Å². The monoisotopic (exact) mass is 461 g/mol. The van der Waals surface area contributed by atoms with Gasteiger partial charge < -0.3 is 19.7 Å². The Morgan fingerprint density at radius 1 is 1.15 bits per heavy atom. The summed E-state index contributed by atoms with van der Waals surface area (Å²) in [7, 11) is 1.86. The molecule has 3 aromatic rings. The van der Waals surface area contributed by atoms with E-state index in [4.69, 9.17) is 9.97 Å². The zero-order chi connectivity index (χ0) is 23.7. The molecule has 1 atom stereocenters. The van der Waals surface area contributed by atoms with Crippen molar-refractivity contribution in [3.05, 3.63) is 47.7 Å². The standard InChI is InChI=1S/C25H31N7O2/c1-17(33)30-13-10-18-20(15-30)28-25(29-24(18)26-2)22-9-5-6-12-32(22)23(34)11-14-31-16-27-19-7-3-4-8-21(19)31/h3-4,7-8,16,22H,5-6,9-15H2,1-2H3,(H,26,28,29)/t22-/m1/s1. The summed E-state index contributed by atoms with van der Waals surface area (Å²) < 4.78 is 2.04. The molecule has 1 fully saturated rings. The van der Waals surface area contributed by atoms with Gasteiger partial charge >= 0.3 is 0 Å². The Morgan fingerprint density at radius 3 is 2.82 bits per heavy atom. The van der Waals surface area contributed by atoms with Crippen molar-refractivity contribution in [1.82, 2.24) is 29.3 Å². The lowest BCUT2D eigenvalue weighted by molar-refractivity contribution is -0.135. The summed E-state index contributed by atoms with van der Waals surface area (Å²) in [6.07, 6.45) is 5.81. The van der Waals surface area contributed by atoms with Gasteiger partial charge in [0.2, 0.25) is 11.8 Å². The molecule has 2 aromatic heterocycles. The predicted molar refractivity (Wildman–Crippen MR) is 129 cm³/mol. The molecule has 9 heteroatoms. The maximum Gasteiger partial charge on any atom is 0.224 e. The highest BCUT2D eigenvalue weighted by Gasteiger charge is 2.32. The van der Waals surface area contributed by atoms with Gasteiger partial charge in [0.05, 0.1) is 35.6 Å². The average Bonchev–Trinajstić information content (AvgIpc) is 3.29. The van der Waals surface area contributed by atoms with E-state index in [1.54, 1.807) is 13.3 Å². The molecule has 0 unspecified atom stereocenters. The molecule has 2 aliphatic heterocycles. The van der Waals surface area contributed by atoms with E-state index in [1.807, 2.05) is 45.7 Å². The zero-order valence-corrected chi connectivity index (χ0v) is 19.8. The molecular formula is C25H31N7O2. The minimum atomic E-state index is -0.147. The number of piperidine rings is 1. The number of imidazole rings is 1. The van der Waals surface area contributed by atoms with E-state index in [0.717, 1.165) is 53.8 Å². The van der Waals surface area contributed by atoms with Gasteiger partial charge in [0, 0.05) is 45.6 Å². The van der Waals surface area contributed by atoms with Crippen LogP contribution in [0.5, 0.6) is 0 Å². The van der Waals surface area contributed by atoms with Gasteiger partial charge in [0.25, 0.3) is 0 Å². The number of carbonyl (C=O) groups is 2. The van der Waals surface area contributed by atoms with Gasteiger partial charge in [-0.15, -0.1) is 0 Å². The van der Waals surface area contributed by atoms with Crippen LogP contribution in [0, 0.1) is 0 Å². The minimum absolute atomic E-state index is 0.0540. The lowest BCUT2D eigenvalue weighted by atomic mass is 9.99. The third kappa shape index (κ3) is 4.22. The number of carbonyl (C=O) groups excluding carboxylic acids is 2. The lowest BCUT2D eigenvalue weighted by Crippen LogP contribution is -2.40. The number of benzene rings is 1. The molecule has 9 nitrogen and oxygen atoms in total. The Labute approximate surface area is 199 Å². The number of aromatic nitrogens is 4. The molecule has 178 valence electrons. The van der Waals surface area contributed by atoms with Crippen molar-refractivity contribution in [2.75, 3.05) is 25.5 Å². The smallest absolute Gasteiger partial charge is 0.224 e. The number of anilines is 1. The van der Waals surface area contributed by atoms with Crippen LogP contribution in [-0.2, 0) is 29.1 Å². The second-order valence-electron chi connectivity index (χ2n) is 9.07. The Balaban J connectivity index is 1.37. The van der Waals surface area contributed by atoms with Crippen LogP contribution in [0.15, 0.2) is 30.6 Å². The largest absolute Gasteiger partial charge is 0.373 e. The Morgan fingerprint density at radius 2 is 2.00 bits per heavy atom. The van der Waals surface area contributed by atoms with Crippen molar-refractivity contribution < 1.29 is 9.59 Å². The summed E-state index contributed by atoms with van der Waals surface area (Å²) in [4.78, 5) is 43.3.